The number of amidine groups is 1. The number of carbonyl (C=O) groups is 1. The summed E-state index contributed by atoms with van der Waals surface area (Å²) in [5.74, 6) is -0.360. The van der Waals surface area contributed by atoms with Gasteiger partial charge >= 0.3 is 0 Å². The van der Waals surface area contributed by atoms with E-state index in [0.717, 1.165) is 0 Å². The van der Waals surface area contributed by atoms with Crippen molar-refractivity contribution < 1.29 is 10.0 Å². The summed E-state index contributed by atoms with van der Waals surface area (Å²) in [5, 5.41) is 14.3. The molecule has 0 spiro atoms. The number of carbonyl (C=O) groups excluding carboxylic acids is 1. The molecule has 6 nitrogen and oxygen atoms in total. The minimum Gasteiger partial charge on any atom is -0.409 e. The van der Waals surface area contributed by atoms with E-state index in [4.69, 9.17) is 10.9 Å². The van der Waals surface area contributed by atoms with Gasteiger partial charge in [-0.1, -0.05) is 5.16 Å². The van der Waals surface area contributed by atoms with Crippen molar-refractivity contribution in [2.75, 3.05) is 5.32 Å². The fraction of sp³-hybridized carbons (Fsp3) is 0. The molecular weight excluding hydrogens is 404 g/mol. The number of pyridine rings is 1. The molecule has 1 aromatic heterocycles. The summed E-state index contributed by atoms with van der Waals surface area (Å²) in [6, 6.07) is 8.37. The average Bonchev–Trinajstić information content (AvgIpc) is 2.48. The number of oxime groups is 1. The Labute approximate surface area is 137 Å². The molecule has 0 aliphatic rings. The van der Waals surface area contributed by atoms with Crippen LogP contribution in [0.1, 0.15) is 16.1 Å². The molecule has 1 amide bonds. The molecule has 0 saturated carbocycles. The van der Waals surface area contributed by atoms with Crippen LogP contribution >= 0.6 is 31.9 Å². The first-order valence-corrected chi connectivity index (χ1v) is 7.31. The second kappa shape index (κ2) is 6.68. The van der Waals surface area contributed by atoms with Crippen molar-refractivity contribution in [3.63, 3.8) is 0 Å². The van der Waals surface area contributed by atoms with Gasteiger partial charge in [-0.3, -0.25) is 4.79 Å². The fourth-order valence-corrected chi connectivity index (χ4v) is 2.48. The number of halogens is 2. The average molecular weight is 414 g/mol. The highest BCUT2D eigenvalue weighted by Gasteiger charge is 2.13. The van der Waals surface area contributed by atoms with Crippen LogP contribution in [0.4, 0.5) is 5.69 Å². The number of hydrogen-bond donors (Lipinski definition) is 3. The van der Waals surface area contributed by atoms with Crippen molar-refractivity contribution in [3.05, 3.63) is 56.7 Å². The predicted octanol–water partition coefficient (Wildman–Crippen LogP) is 2.95. The number of rotatable bonds is 3. The van der Waals surface area contributed by atoms with Crippen molar-refractivity contribution in [2.24, 2.45) is 10.9 Å². The standard InChI is InChI=1S/C13H10Br2N4O2/c14-8-2-1-5-17-11(8)13(20)18-10-4-3-7(6-9(10)15)12(16)19-21/h1-6,21H,(H2,16,19)(H,18,20). The van der Waals surface area contributed by atoms with Gasteiger partial charge in [0.1, 0.15) is 5.69 Å². The fourth-order valence-electron chi connectivity index (χ4n) is 1.57. The molecule has 21 heavy (non-hydrogen) atoms. The third kappa shape index (κ3) is 3.59. The van der Waals surface area contributed by atoms with E-state index in [9.17, 15) is 4.79 Å². The normalized spacial score (nSPS) is 11.2. The van der Waals surface area contributed by atoms with Crippen molar-refractivity contribution in [3.8, 4) is 0 Å². The van der Waals surface area contributed by atoms with Gasteiger partial charge in [0.15, 0.2) is 5.84 Å². The number of nitrogens with zero attached hydrogens (tertiary/aromatic N) is 2. The lowest BCUT2D eigenvalue weighted by atomic mass is 10.2. The maximum Gasteiger partial charge on any atom is 0.275 e. The number of benzene rings is 1. The molecule has 2 rings (SSSR count). The lowest BCUT2D eigenvalue weighted by Gasteiger charge is -2.09. The Morgan fingerprint density at radius 2 is 2.05 bits per heavy atom. The number of nitrogens with one attached hydrogen (secondary N) is 1. The second-order valence-corrected chi connectivity index (χ2v) is 5.68. The van der Waals surface area contributed by atoms with E-state index in [2.05, 4.69) is 47.3 Å². The topological polar surface area (TPSA) is 101 Å². The summed E-state index contributed by atoms with van der Waals surface area (Å²) in [7, 11) is 0. The SMILES string of the molecule is N/C(=N/O)c1ccc(NC(=O)c2ncccc2Br)c(Br)c1. The van der Waals surface area contributed by atoms with Crippen LogP contribution in [-0.4, -0.2) is 21.9 Å². The van der Waals surface area contributed by atoms with Gasteiger partial charge in [0.05, 0.1) is 5.69 Å². The molecule has 8 heteroatoms. The second-order valence-electron chi connectivity index (χ2n) is 3.97. The van der Waals surface area contributed by atoms with Gasteiger partial charge in [-0.15, -0.1) is 0 Å². The summed E-state index contributed by atoms with van der Waals surface area (Å²) in [6.45, 7) is 0. The minimum atomic E-state index is -0.347. The molecule has 0 aliphatic carbocycles. The van der Waals surface area contributed by atoms with Gasteiger partial charge < -0.3 is 16.3 Å². The van der Waals surface area contributed by atoms with Gasteiger partial charge in [0, 0.05) is 20.7 Å². The van der Waals surface area contributed by atoms with Crippen LogP contribution in [0.5, 0.6) is 0 Å². The Bertz CT molecular complexity index is 719. The first-order valence-electron chi connectivity index (χ1n) is 5.72. The van der Waals surface area contributed by atoms with E-state index >= 15 is 0 Å². The number of aromatic nitrogens is 1. The molecule has 0 radical (unpaired) electrons. The van der Waals surface area contributed by atoms with Crippen LogP contribution in [0.15, 0.2) is 50.6 Å². The highest BCUT2D eigenvalue weighted by molar-refractivity contribution is 9.11. The Morgan fingerprint density at radius 3 is 2.67 bits per heavy atom. The smallest absolute Gasteiger partial charge is 0.275 e. The number of amides is 1. The maximum absolute atomic E-state index is 12.1. The maximum atomic E-state index is 12.1. The van der Waals surface area contributed by atoms with Gasteiger partial charge in [0.25, 0.3) is 5.91 Å². The molecule has 0 fully saturated rings. The predicted molar refractivity (Wildman–Crippen MR) is 86.5 cm³/mol. The quantitative estimate of drug-likeness (QED) is 0.311. The zero-order valence-corrected chi connectivity index (χ0v) is 13.7. The van der Waals surface area contributed by atoms with Gasteiger partial charge in [-0.2, -0.15) is 0 Å². The molecule has 2 aromatic rings. The summed E-state index contributed by atoms with van der Waals surface area (Å²) in [4.78, 5) is 16.2. The lowest BCUT2D eigenvalue weighted by Crippen LogP contribution is -2.16. The molecule has 0 bridgehead atoms. The van der Waals surface area contributed by atoms with Crippen LogP contribution < -0.4 is 11.1 Å². The largest absolute Gasteiger partial charge is 0.409 e. The molecule has 108 valence electrons. The van der Waals surface area contributed by atoms with Crippen molar-refractivity contribution in [1.82, 2.24) is 4.98 Å². The summed E-state index contributed by atoms with van der Waals surface area (Å²) in [6.07, 6.45) is 1.54. The first kappa shape index (κ1) is 15.5. The van der Waals surface area contributed by atoms with E-state index < -0.39 is 0 Å². The number of nitrogens with two attached hydrogens (primary N) is 1. The van der Waals surface area contributed by atoms with Crippen molar-refractivity contribution >= 4 is 49.3 Å². The lowest BCUT2D eigenvalue weighted by molar-refractivity contribution is 0.102. The van der Waals surface area contributed by atoms with Crippen LogP contribution in [0.2, 0.25) is 0 Å². The van der Waals surface area contributed by atoms with Crippen molar-refractivity contribution in [1.29, 1.82) is 0 Å². The van der Waals surface area contributed by atoms with Crippen LogP contribution in [0, 0.1) is 0 Å². The van der Waals surface area contributed by atoms with E-state index in [1.807, 2.05) is 0 Å². The third-order valence-corrected chi connectivity index (χ3v) is 3.89. The molecule has 4 N–H and O–H groups in total. The molecule has 0 aliphatic heterocycles. The molecule has 0 atom stereocenters. The highest BCUT2D eigenvalue weighted by Crippen LogP contribution is 2.25. The Kier molecular flexibility index (Phi) is 4.92. The van der Waals surface area contributed by atoms with E-state index in [0.29, 0.717) is 20.2 Å². The molecule has 0 saturated heterocycles. The van der Waals surface area contributed by atoms with Gasteiger partial charge in [-0.05, 0) is 62.2 Å². The minimum absolute atomic E-state index is 0.0129. The Hall–Kier alpha value is -1.93. The highest BCUT2D eigenvalue weighted by atomic mass is 79.9. The molecule has 0 unspecified atom stereocenters. The molecule has 1 heterocycles. The van der Waals surface area contributed by atoms with Gasteiger partial charge in [-0.25, -0.2) is 4.98 Å². The Balaban J connectivity index is 2.25. The van der Waals surface area contributed by atoms with Gasteiger partial charge in [0.2, 0.25) is 0 Å². The monoisotopic (exact) mass is 412 g/mol. The van der Waals surface area contributed by atoms with Crippen LogP contribution in [0.25, 0.3) is 0 Å². The Morgan fingerprint density at radius 1 is 1.29 bits per heavy atom. The van der Waals surface area contributed by atoms with E-state index in [1.54, 1.807) is 30.3 Å². The zero-order valence-electron chi connectivity index (χ0n) is 10.5. The number of hydrogen-bond acceptors (Lipinski definition) is 4. The van der Waals surface area contributed by atoms with E-state index in [1.165, 1.54) is 6.20 Å². The molecule has 1 aromatic carbocycles. The van der Waals surface area contributed by atoms with Crippen LogP contribution in [-0.2, 0) is 0 Å². The summed E-state index contributed by atoms with van der Waals surface area (Å²) in [5.41, 5.74) is 6.86. The van der Waals surface area contributed by atoms with E-state index in [-0.39, 0.29) is 17.4 Å². The number of anilines is 1. The van der Waals surface area contributed by atoms with Crippen LogP contribution in [0.3, 0.4) is 0 Å². The summed E-state index contributed by atoms with van der Waals surface area (Å²) >= 11 is 6.60. The van der Waals surface area contributed by atoms with Crippen molar-refractivity contribution in [2.45, 2.75) is 0 Å². The molecular formula is C13H10Br2N4O2. The summed E-state index contributed by atoms with van der Waals surface area (Å²) < 4.78 is 1.21. The zero-order chi connectivity index (χ0) is 15.4. The first-order chi connectivity index (χ1) is 10.0. The third-order valence-electron chi connectivity index (χ3n) is 2.59.